The van der Waals surface area contributed by atoms with Crippen LogP contribution in [0.1, 0.15) is 10.4 Å². The molecule has 0 bridgehead atoms. The van der Waals surface area contributed by atoms with Crippen LogP contribution in [0, 0.1) is 0 Å². The lowest BCUT2D eigenvalue weighted by Gasteiger charge is -2.05. The molecule has 2 rings (SSSR count). The van der Waals surface area contributed by atoms with Gasteiger partial charge in [-0.3, -0.25) is 4.79 Å². The van der Waals surface area contributed by atoms with Crippen molar-refractivity contribution in [2.45, 2.75) is 0 Å². The molecule has 0 spiro atoms. The lowest BCUT2D eigenvalue weighted by atomic mass is 10.2. The Morgan fingerprint density at radius 1 is 1.38 bits per heavy atom. The van der Waals surface area contributed by atoms with Crippen LogP contribution in [0.25, 0.3) is 5.69 Å². The van der Waals surface area contributed by atoms with Gasteiger partial charge in [-0.2, -0.15) is 5.10 Å². The topological polar surface area (TPSA) is 60.9 Å². The summed E-state index contributed by atoms with van der Waals surface area (Å²) >= 11 is 6.70. The molecule has 0 aliphatic heterocycles. The van der Waals surface area contributed by atoms with E-state index in [2.05, 4.69) is 37.0 Å². The van der Waals surface area contributed by atoms with Gasteiger partial charge in [-0.15, -0.1) is 0 Å². The van der Waals surface area contributed by atoms with Gasteiger partial charge in [0.2, 0.25) is 5.91 Å². The van der Waals surface area contributed by atoms with Crippen molar-refractivity contribution in [1.29, 1.82) is 0 Å². The highest BCUT2D eigenvalue weighted by atomic mass is 79.9. The Kier molecular flexibility index (Phi) is 3.11. The summed E-state index contributed by atoms with van der Waals surface area (Å²) in [6.07, 6.45) is 3.51. The predicted octanol–water partition coefficient (Wildman–Crippen LogP) is 2.50. The zero-order valence-corrected chi connectivity index (χ0v) is 11.2. The minimum atomic E-state index is -0.450. The molecule has 1 aromatic heterocycles. The van der Waals surface area contributed by atoms with Crippen LogP contribution in [-0.2, 0) is 0 Å². The van der Waals surface area contributed by atoms with Crippen LogP contribution < -0.4 is 5.73 Å². The maximum Gasteiger partial charge on any atom is 0.248 e. The van der Waals surface area contributed by atoms with Crippen molar-refractivity contribution in [2.75, 3.05) is 0 Å². The van der Waals surface area contributed by atoms with Crippen LogP contribution in [-0.4, -0.2) is 15.7 Å². The number of rotatable bonds is 2. The number of hydrogen-bond acceptors (Lipinski definition) is 2. The van der Waals surface area contributed by atoms with Gasteiger partial charge in [0.25, 0.3) is 0 Å². The summed E-state index contributed by atoms with van der Waals surface area (Å²) in [6, 6.07) is 5.12. The maximum absolute atomic E-state index is 11.0. The Hall–Kier alpha value is -1.14. The lowest BCUT2D eigenvalue weighted by Crippen LogP contribution is -2.11. The fourth-order valence-corrected chi connectivity index (χ4v) is 2.12. The summed E-state index contributed by atoms with van der Waals surface area (Å²) in [4.78, 5) is 11.0. The second-order valence-corrected chi connectivity index (χ2v) is 4.90. The zero-order chi connectivity index (χ0) is 11.7. The highest BCUT2D eigenvalue weighted by Crippen LogP contribution is 2.23. The zero-order valence-electron chi connectivity index (χ0n) is 8.02. The maximum atomic E-state index is 11.0. The van der Waals surface area contributed by atoms with Crippen molar-refractivity contribution in [1.82, 2.24) is 9.78 Å². The second kappa shape index (κ2) is 4.39. The first-order valence-electron chi connectivity index (χ1n) is 4.38. The molecule has 6 heteroatoms. The van der Waals surface area contributed by atoms with E-state index in [-0.39, 0.29) is 0 Å². The van der Waals surface area contributed by atoms with Gasteiger partial charge in [-0.1, -0.05) is 0 Å². The van der Waals surface area contributed by atoms with E-state index in [1.807, 2.05) is 6.20 Å². The van der Waals surface area contributed by atoms with Gasteiger partial charge < -0.3 is 5.73 Å². The van der Waals surface area contributed by atoms with Crippen LogP contribution in [0.2, 0.25) is 0 Å². The van der Waals surface area contributed by atoms with E-state index in [0.29, 0.717) is 5.56 Å². The predicted molar refractivity (Wildman–Crippen MR) is 67.5 cm³/mol. The number of amides is 1. The Balaban J connectivity index is 2.47. The molecule has 0 aliphatic carbocycles. The largest absolute Gasteiger partial charge is 0.366 e. The highest BCUT2D eigenvalue weighted by Gasteiger charge is 2.07. The quantitative estimate of drug-likeness (QED) is 0.909. The SMILES string of the molecule is NC(=O)c1ccc(-n2cc(Br)cn2)c(Br)c1. The summed E-state index contributed by atoms with van der Waals surface area (Å²) in [5, 5.41) is 4.14. The number of carbonyl (C=O) groups is 1. The summed E-state index contributed by atoms with van der Waals surface area (Å²) in [5.41, 5.74) is 6.49. The molecule has 1 heterocycles. The second-order valence-electron chi connectivity index (χ2n) is 3.13. The van der Waals surface area contributed by atoms with E-state index >= 15 is 0 Å². The minimum Gasteiger partial charge on any atom is -0.366 e. The van der Waals surface area contributed by atoms with E-state index < -0.39 is 5.91 Å². The average molecular weight is 345 g/mol. The molecule has 2 aromatic rings. The highest BCUT2D eigenvalue weighted by molar-refractivity contribution is 9.10. The molecule has 0 unspecified atom stereocenters. The van der Waals surface area contributed by atoms with Crippen LogP contribution in [0.15, 0.2) is 39.5 Å². The van der Waals surface area contributed by atoms with Gasteiger partial charge in [0, 0.05) is 16.2 Å². The minimum absolute atomic E-state index is 0.450. The molecule has 82 valence electrons. The molecule has 1 amide bonds. The summed E-state index contributed by atoms with van der Waals surface area (Å²) in [7, 11) is 0. The Labute approximate surface area is 109 Å². The van der Waals surface area contributed by atoms with Crippen LogP contribution in [0.3, 0.4) is 0 Å². The van der Waals surface area contributed by atoms with Crippen LogP contribution in [0.5, 0.6) is 0 Å². The van der Waals surface area contributed by atoms with Gasteiger partial charge >= 0.3 is 0 Å². The number of nitrogens with two attached hydrogens (primary N) is 1. The van der Waals surface area contributed by atoms with E-state index in [1.165, 1.54) is 0 Å². The van der Waals surface area contributed by atoms with E-state index in [9.17, 15) is 4.79 Å². The summed E-state index contributed by atoms with van der Waals surface area (Å²) < 4.78 is 3.34. The lowest BCUT2D eigenvalue weighted by molar-refractivity contribution is 0.100. The van der Waals surface area contributed by atoms with Crippen molar-refractivity contribution < 1.29 is 4.79 Å². The third kappa shape index (κ3) is 2.17. The Bertz CT molecular complexity index is 551. The molecular weight excluding hydrogens is 338 g/mol. The van der Waals surface area contributed by atoms with Crippen molar-refractivity contribution in [3.63, 3.8) is 0 Å². The van der Waals surface area contributed by atoms with E-state index in [4.69, 9.17) is 5.73 Å². The number of carbonyl (C=O) groups excluding carboxylic acids is 1. The number of aromatic nitrogens is 2. The monoisotopic (exact) mass is 343 g/mol. The number of primary amides is 1. The molecule has 0 saturated carbocycles. The van der Waals surface area contributed by atoms with E-state index in [1.54, 1.807) is 29.1 Å². The molecule has 4 nitrogen and oxygen atoms in total. The number of hydrogen-bond donors (Lipinski definition) is 1. The molecule has 2 N–H and O–H groups in total. The third-order valence-corrected chi connectivity index (χ3v) is 3.07. The molecule has 0 saturated heterocycles. The van der Waals surface area contributed by atoms with Gasteiger partial charge in [0.1, 0.15) is 0 Å². The van der Waals surface area contributed by atoms with Gasteiger partial charge in [-0.05, 0) is 50.1 Å². The average Bonchev–Trinajstić information content (AvgIpc) is 2.64. The Morgan fingerprint density at radius 2 is 2.12 bits per heavy atom. The standard InChI is InChI=1S/C10H7Br2N3O/c11-7-4-14-15(5-7)9-2-1-6(10(13)16)3-8(9)12/h1-5H,(H2,13,16). The van der Waals surface area contributed by atoms with Crippen molar-refractivity contribution >= 4 is 37.8 Å². The Morgan fingerprint density at radius 3 is 2.62 bits per heavy atom. The number of nitrogens with zero attached hydrogens (tertiary/aromatic N) is 2. The first kappa shape index (κ1) is 11.3. The number of benzene rings is 1. The molecule has 0 radical (unpaired) electrons. The van der Waals surface area contributed by atoms with Gasteiger partial charge in [0.15, 0.2) is 0 Å². The fourth-order valence-electron chi connectivity index (χ4n) is 1.28. The van der Waals surface area contributed by atoms with Crippen LogP contribution >= 0.6 is 31.9 Å². The van der Waals surface area contributed by atoms with Crippen LogP contribution in [0.4, 0.5) is 0 Å². The molecule has 16 heavy (non-hydrogen) atoms. The number of halogens is 2. The van der Waals surface area contributed by atoms with Crippen molar-refractivity contribution in [2.24, 2.45) is 5.73 Å². The van der Waals surface area contributed by atoms with Gasteiger partial charge in [-0.25, -0.2) is 4.68 Å². The molecule has 1 aromatic carbocycles. The fraction of sp³-hybridized carbons (Fsp3) is 0. The molecule has 0 aliphatic rings. The van der Waals surface area contributed by atoms with Crippen molar-refractivity contribution in [3.8, 4) is 5.69 Å². The first-order chi connectivity index (χ1) is 7.58. The molecule has 0 atom stereocenters. The third-order valence-electron chi connectivity index (χ3n) is 2.03. The normalized spacial score (nSPS) is 10.4. The first-order valence-corrected chi connectivity index (χ1v) is 5.96. The van der Waals surface area contributed by atoms with Crippen molar-refractivity contribution in [3.05, 3.63) is 45.1 Å². The smallest absolute Gasteiger partial charge is 0.248 e. The molecule has 0 fully saturated rings. The van der Waals surface area contributed by atoms with E-state index in [0.717, 1.165) is 14.6 Å². The summed E-state index contributed by atoms with van der Waals surface area (Å²) in [6.45, 7) is 0. The summed E-state index contributed by atoms with van der Waals surface area (Å²) in [5.74, 6) is -0.450. The van der Waals surface area contributed by atoms with Gasteiger partial charge in [0.05, 0.1) is 16.4 Å². The molecular formula is C10H7Br2N3O.